The third-order valence-corrected chi connectivity index (χ3v) is 3.71. The zero-order valence-electron chi connectivity index (χ0n) is 12.5. The van der Waals surface area contributed by atoms with Crippen LogP contribution in [-0.2, 0) is 19.4 Å². The van der Waals surface area contributed by atoms with Gasteiger partial charge in [-0.25, -0.2) is 0 Å². The van der Waals surface area contributed by atoms with Crippen LogP contribution in [0.15, 0.2) is 37.4 Å². The minimum atomic E-state index is 0.597. The summed E-state index contributed by atoms with van der Waals surface area (Å²) in [7, 11) is 0. The van der Waals surface area contributed by atoms with E-state index in [0.29, 0.717) is 11.8 Å². The van der Waals surface area contributed by atoms with Crippen molar-refractivity contribution in [2.75, 3.05) is 30.6 Å². The highest BCUT2D eigenvalue weighted by Crippen LogP contribution is 2.23. The highest BCUT2D eigenvalue weighted by atomic mass is 35.5. The molecule has 116 valence electrons. The quantitative estimate of drug-likeness (QED) is 0.400. The molecule has 4 heteroatoms. The Hall–Kier alpha value is -0.960. The van der Waals surface area contributed by atoms with Gasteiger partial charge in [0.1, 0.15) is 0 Å². The maximum Gasteiger partial charge on any atom is 0.0351 e. The lowest BCUT2D eigenvalue weighted by atomic mass is 9.95. The first-order valence-electron chi connectivity index (χ1n) is 7.12. The summed E-state index contributed by atoms with van der Waals surface area (Å²) in [6.07, 6.45) is 5.42. The molecule has 1 aromatic rings. The number of halogens is 2. The SMILES string of the molecule is C=CCc1cc(N)cc(CC=C)c1CN(CCCl)CCCl. The summed E-state index contributed by atoms with van der Waals surface area (Å²) >= 11 is 11.8. The van der Waals surface area contributed by atoms with E-state index in [4.69, 9.17) is 28.9 Å². The number of hydrogen-bond donors (Lipinski definition) is 1. The van der Waals surface area contributed by atoms with Crippen molar-refractivity contribution in [3.8, 4) is 0 Å². The Bertz CT molecular complexity index is 435. The Morgan fingerprint density at radius 2 is 1.48 bits per heavy atom. The molecule has 0 amide bonds. The van der Waals surface area contributed by atoms with E-state index in [0.717, 1.165) is 38.2 Å². The van der Waals surface area contributed by atoms with Crippen molar-refractivity contribution in [2.24, 2.45) is 0 Å². The van der Waals surface area contributed by atoms with Crippen molar-refractivity contribution >= 4 is 28.9 Å². The zero-order valence-corrected chi connectivity index (χ0v) is 14.0. The van der Waals surface area contributed by atoms with Crippen molar-refractivity contribution in [1.29, 1.82) is 0 Å². The Morgan fingerprint density at radius 1 is 1.00 bits per heavy atom. The van der Waals surface area contributed by atoms with E-state index in [-0.39, 0.29) is 0 Å². The van der Waals surface area contributed by atoms with Gasteiger partial charge in [-0.1, -0.05) is 12.2 Å². The Kier molecular flexibility index (Phi) is 8.51. The van der Waals surface area contributed by atoms with Gasteiger partial charge in [0, 0.05) is 37.1 Å². The molecule has 0 aliphatic rings. The standard InChI is InChI=1S/C17H24Cl2N2/c1-3-5-14-11-16(20)12-15(6-4-2)17(14)13-21(9-7-18)10-8-19/h3-4,11-12H,1-2,5-10,13,20H2. The van der Waals surface area contributed by atoms with Gasteiger partial charge in [0.25, 0.3) is 0 Å². The lowest BCUT2D eigenvalue weighted by Gasteiger charge is -2.24. The Balaban J connectivity index is 3.14. The molecule has 21 heavy (non-hydrogen) atoms. The number of anilines is 1. The van der Waals surface area contributed by atoms with Crippen LogP contribution in [0.25, 0.3) is 0 Å². The minimum Gasteiger partial charge on any atom is -0.399 e. The van der Waals surface area contributed by atoms with Crippen LogP contribution in [0.4, 0.5) is 5.69 Å². The number of benzene rings is 1. The topological polar surface area (TPSA) is 29.3 Å². The molecule has 0 saturated carbocycles. The number of nitrogen functional groups attached to an aromatic ring is 1. The van der Waals surface area contributed by atoms with Crippen LogP contribution in [0.5, 0.6) is 0 Å². The van der Waals surface area contributed by atoms with Gasteiger partial charge in [-0.05, 0) is 41.7 Å². The van der Waals surface area contributed by atoms with Gasteiger partial charge in [-0.3, -0.25) is 4.90 Å². The fourth-order valence-electron chi connectivity index (χ4n) is 2.44. The summed E-state index contributed by atoms with van der Waals surface area (Å²) < 4.78 is 0. The fraction of sp³-hybridized carbons (Fsp3) is 0.412. The molecule has 0 saturated heterocycles. The van der Waals surface area contributed by atoms with E-state index in [1.165, 1.54) is 16.7 Å². The predicted octanol–water partition coefficient (Wildman–Crippen LogP) is 4.01. The Morgan fingerprint density at radius 3 is 1.86 bits per heavy atom. The first-order valence-corrected chi connectivity index (χ1v) is 8.19. The van der Waals surface area contributed by atoms with Crippen molar-refractivity contribution in [3.05, 3.63) is 54.1 Å². The third-order valence-electron chi connectivity index (χ3n) is 3.37. The largest absolute Gasteiger partial charge is 0.399 e. The van der Waals surface area contributed by atoms with Gasteiger partial charge in [0.15, 0.2) is 0 Å². The molecule has 0 atom stereocenters. The van der Waals surface area contributed by atoms with Crippen molar-refractivity contribution in [1.82, 2.24) is 4.90 Å². The molecule has 0 heterocycles. The first kappa shape index (κ1) is 18.1. The van der Waals surface area contributed by atoms with E-state index in [2.05, 4.69) is 18.1 Å². The van der Waals surface area contributed by atoms with Gasteiger partial charge in [0.2, 0.25) is 0 Å². The summed E-state index contributed by atoms with van der Waals surface area (Å²) in [5, 5.41) is 0. The second-order valence-electron chi connectivity index (χ2n) is 4.96. The fourth-order valence-corrected chi connectivity index (χ4v) is 2.91. The maximum absolute atomic E-state index is 6.01. The summed E-state index contributed by atoms with van der Waals surface area (Å²) in [6, 6.07) is 4.06. The van der Waals surface area contributed by atoms with E-state index in [9.17, 15) is 0 Å². The van der Waals surface area contributed by atoms with Crippen molar-refractivity contribution in [3.63, 3.8) is 0 Å². The van der Waals surface area contributed by atoms with Gasteiger partial charge >= 0.3 is 0 Å². The molecule has 0 aliphatic carbocycles. The van der Waals surface area contributed by atoms with E-state index in [1.807, 2.05) is 24.3 Å². The van der Waals surface area contributed by atoms with Crippen LogP contribution in [-0.4, -0.2) is 29.7 Å². The molecule has 0 aliphatic heterocycles. The second-order valence-corrected chi connectivity index (χ2v) is 5.71. The van der Waals surface area contributed by atoms with Crippen molar-refractivity contribution < 1.29 is 0 Å². The third kappa shape index (κ3) is 5.74. The second kappa shape index (κ2) is 9.88. The molecule has 0 radical (unpaired) electrons. The monoisotopic (exact) mass is 326 g/mol. The summed E-state index contributed by atoms with van der Waals surface area (Å²) in [5.41, 5.74) is 10.5. The Labute approximate surface area is 138 Å². The summed E-state index contributed by atoms with van der Waals surface area (Å²) in [6.45, 7) is 10.1. The molecule has 0 fully saturated rings. The van der Waals surface area contributed by atoms with Crippen LogP contribution in [0.2, 0.25) is 0 Å². The van der Waals surface area contributed by atoms with Crippen LogP contribution >= 0.6 is 23.2 Å². The lowest BCUT2D eigenvalue weighted by molar-refractivity contribution is 0.298. The maximum atomic E-state index is 6.01. The number of hydrogen-bond acceptors (Lipinski definition) is 2. The van der Waals surface area contributed by atoms with Crippen LogP contribution in [0.1, 0.15) is 16.7 Å². The lowest BCUT2D eigenvalue weighted by Crippen LogP contribution is -2.28. The van der Waals surface area contributed by atoms with E-state index >= 15 is 0 Å². The molecule has 1 aromatic carbocycles. The molecule has 1 rings (SSSR count). The van der Waals surface area contributed by atoms with Crippen LogP contribution in [0, 0.1) is 0 Å². The highest BCUT2D eigenvalue weighted by Gasteiger charge is 2.13. The zero-order chi connectivity index (χ0) is 15.7. The number of nitrogens with zero attached hydrogens (tertiary/aromatic N) is 1. The molecule has 0 spiro atoms. The molecule has 0 unspecified atom stereocenters. The molecule has 0 bridgehead atoms. The number of nitrogens with two attached hydrogens (primary N) is 1. The predicted molar refractivity (Wildman–Crippen MR) is 95.4 cm³/mol. The summed E-state index contributed by atoms with van der Waals surface area (Å²) in [4.78, 5) is 2.27. The molecule has 0 aromatic heterocycles. The van der Waals surface area contributed by atoms with Gasteiger partial charge < -0.3 is 5.73 Å². The average Bonchev–Trinajstić information content (AvgIpc) is 2.43. The molecule has 2 nitrogen and oxygen atoms in total. The highest BCUT2D eigenvalue weighted by molar-refractivity contribution is 6.18. The van der Waals surface area contributed by atoms with Gasteiger partial charge in [0.05, 0.1) is 0 Å². The van der Waals surface area contributed by atoms with Gasteiger partial charge in [-0.15, -0.1) is 36.4 Å². The molecular weight excluding hydrogens is 303 g/mol. The van der Waals surface area contributed by atoms with Crippen LogP contribution < -0.4 is 5.73 Å². The molecule has 2 N–H and O–H groups in total. The minimum absolute atomic E-state index is 0.597. The number of alkyl halides is 2. The smallest absolute Gasteiger partial charge is 0.0351 e. The first-order chi connectivity index (χ1) is 10.2. The normalized spacial score (nSPS) is 10.8. The van der Waals surface area contributed by atoms with Crippen LogP contribution in [0.3, 0.4) is 0 Å². The summed E-state index contributed by atoms with van der Waals surface area (Å²) in [5.74, 6) is 1.19. The number of allylic oxidation sites excluding steroid dienone is 2. The van der Waals surface area contributed by atoms with E-state index < -0.39 is 0 Å². The van der Waals surface area contributed by atoms with Crippen molar-refractivity contribution in [2.45, 2.75) is 19.4 Å². The molecular formula is C17H24Cl2N2. The van der Waals surface area contributed by atoms with Gasteiger partial charge in [-0.2, -0.15) is 0 Å². The number of rotatable bonds is 10. The average molecular weight is 327 g/mol. The van der Waals surface area contributed by atoms with E-state index in [1.54, 1.807) is 0 Å².